The number of fused-ring (bicyclic) bond motifs is 1. The Kier molecular flexibility index (Phi) is 6.76. The summed E-state index contributed by atoms with van der Waals surface area (Å²) in [4.78, 5) is 53.2. The zero-order chi connectivity index (χ0) is 23.4. The van der Waals surface area contributed by atoms with Gasteiger partial charge in [-0.2, -0.15) is 0 Å². The van der Waals surface area contributed by atoms with E-state index in [1.165, 1.54) is 18.3 Å². The third kappa shape index (κ3) is 4.92. The molecule has 0 aliphatic carbocycles. The van der Waals surface area contributed by atoms with Crippen molar-refractivity contribution in [1.82, 2.24) is 9.80 Å². The lowest BCUT2D eigenvalue weighted by Gasteiger charge is -2.35. The van der Waals surface area contributed by atoms with Crippen molar-refractivity contribution < 1.29 is 33.1 Å². The molecule has 9 heteroatoms. The molecule has 1 fully saturated rings. The third-order valence-electron chi connectivity index (χ3n) is 6.23. The van der Waals surface area contributed by atoms with Crippen LogP contribution in [0.3, 0.4) is 0 Å². The smallest absolute Gasteiger partial charge is 0.329 e. The Bertz CT molecular complexity index is 1030. The van der Waals surface area contributed by atoms with Crippen LogP contribution in [-0.4, -0.2) is 66.4 Å². The maximum absolute atomic E-state index is 13.0. The van der Waals surface area contributed by atoms with Crippen LogP contribution in [0.25, 0.3) is 0 Å². The molecule has 174 valence electrons. The number of rotatable bonds is 5. The summed E-state index contributed by atoms with van der Waals surface area (Å²) in [5.74, 6) is -1.73. The number of likely N-dealkylation sites (tertiary alicyclic amines) is 1. The Morgan fingerprint density at radius 2 is 1.73 bits per heavy atom. The van der Waals surface area contributed by atoms with Gasteiger partial charge in [-0.05, 0) is 36.1 Å². The topological polar surface area (TPSA) is 106 Å². The maximum atomic E-state index is 13.0. The van der Waals surface area contributed by atoms with Gasteiger partial charge in [0.25, 0.3) is 11.8 Å². The molecule has 1 atom stereocenters. The lowest BCUT2D eigenvalue weighted by Crippen LogP contribution is -2.50. The number of methoxy groups -OCH3 is 1. The minimum atomic E-state index is -0.865. The molecule has 4 rings (SSSR count). The SMILES string of the molecule is COC(=O)C1CCN(C(=O)COC(=O)[C@@H]2Cc3ccccc3CN2C(=O)c2ccco2)CC1. The van der Waals surface area contributed by atoms with Gasteiger partial charge in [-0.25, -0.2) is 4.79 Å². The van der Waals surface area contributed by atoms with E-state index in [0.717, 1.165) is 11.1 Å². The van der Waals surface area contributed by atoms with Crippen LogP contribution in [0.1, 0.15) is 34.5 Å². The molecule has 0 saturated carbocycles. The lowest BCUT2D eigenvalue weighted by molar-refractivity contribution is -0.157. The predicted octanol–water partition coefficient (Wildman–Crippen LogP) is 1.80. The highest BCUT2D eigenvalue weighted by Gasteiger charge is 2.37. The summed E-state index contributed by atoms with van der Waals surface area (Å²) < 4.78 is 15.4. The molecule has 0 N–H and O–H groups in total. The first-order chi connectivity index (χ1) is 16.0. The van der Waals surface area contributed by atoms with E-state index < -0.39 is 24.5 Å². The zero-order valence-electron chi connectivity index (χ0n) is 18.4. The van der Waals surface area contributed by atoms with E-state index in [9.17, 15) is 19.2 Å². The quantitative estimate of drug-likeness (QED) is 0.634. The van der Waals surface area contributed by atoms with Crippen LogP contribution in [-0.2, 0) is 36.8 Å². The molecular weight excluding hydrogens is 428 g/mol. The van der Waals surface area contributed by atoms with Crippen LogP contribution in [0.5, 0.6) is 0 Å². The van der Waals surface area contributed by atoms with Crippen LogP contribution in [0.4, 0.5) is 0 Å². The van der Waals surface area contributed by atoms with Gasteiger partial charge < -0.3 is 23.7 Å². The summed E-state index contributed by atoms with van der Waals surface area (Å²) in [7, 11) is 1.35. The Hall–Kier alpha value is -3.62. The number of carbonyl (C=O) groups is 4. The van der Waals surface area contributed by atoms with E-state index in [1.807, 2.05) is 24.3 Å². The van der Waals surface area contributed by atoms with Crippen molar-refractivity contribution >= 4 is 23.8 Å². The van der Waals surface area contributed by atoms with Crippen LogP contribution in [0, 0.1) is 5.92 Å². The maximum Gasteiger partial charge on any atom is 0.329 e. The van der Waals surface area contributed by atoms with E-state index in [2.05, 4.69) is 0 Å². The van der Waals surface area contributed by atoms with Crippen molar-refractivity contribution in [3.63, 3.8) is 0 Å². The van der Waals surface area contributed by atoms with Gasteiger partial charge in [0.15, 0.2) is 12.4 Å². The molecule has 0 radical (unpaired) electrons. The second kappa shape index (κ2) is 9.89. The minimum absolute atomic E-state index is 0.136. The van der Waals surface area contributed by atoms with E-state index >= 15 is 0 Å². The van der Waals surface area contributed by atoms with E-state index in [1.54, 1.807) is 17.0 Å². The molecule has 2 amide bonds. The van der Waals surface area contributed by atoms with Gasteiger partial charge >= 0.3 is 11.9 Å². The largest absolute Gasteiger partial charge is 0.469 e. The summed E-state index contributed by atoms with van der Waals surface area (Å²) in [6.45, 7) is 0.624. The highest BCUT2D eigenvalue weighted by Crippen LogP contribution is 2.26. The van der Waals surface area contributed by atoms with Crippen molar-refractivity contribution in [3.05, 3.63) is 59.5 Å². The fourth-order valence-electron chi connectivity index (χ4n) is 4.34. The van der Waals surface area contributed by atoms with Gasteiger partial charge in [0, 0.05) is 26.1 Å². The fourth-order valence-corrected chi connectivity index (χ4v) is 4.34. The third-order valence-corrected chi connectivity index (χ3v) is 6.23. The lowest BCUT2D eigenvalue weighted by atomic mass is 9.93. The van der Waals surface area contributed by atoms with Crippen LogP contribution in [0.15, 0.2) is 47.1 Å². The summed E-state index contributed by atoms with van der Waals surface area (Å²) in [5, 5.41) is 0. The molecule has 1 aromatic heterocycles. The van der Waals surface area contributed by atoms with Crippen molar-refractivity contribution in [1.29, 1.82) is 0 Å². The molecule has 9 nitrogen and oxygen atoms in total. The Morgan fingerprint density at radius 1 is 1.00 bits per heavy atom. The van der Waals surface area contributed by atoms with Crippen LogP contribution >= 0.6 is 0 Å². The van der Waals surface area contributed by atoms with Gasteiger partial charge in [-0.1, -0.05) is 24.3 Å². The molecule has 1 saturated heterocycles. The Morgan fingerprint density at radius 3 is 2.39 bits per heavy atom. The first kappa shape index (κ1) is 22.6. The minimum Gasteiger partial charge on any atom is -0.469 e. The van der Waals surface area contributed by atoms with Gasteiger partial charge in [-0.3, -0.25) is 14.4 Å². The second-order valence-corrected chi connectivity index (χ2v) is 8.18. The van der Waals surface area contributed by atoms with Gasteiger partial charge in [0.2, 0.25) is 0 Å². The average Bonchev–Trinajstić information content (AvgIpc) is 3.40. The normalized spacial score (nSPS) is 18.4. The number of piperidine rings is 1. The van der Waals surface area contributed by atoms with Crippen molar-refractivity contribution in [2.24, 2.45) is 5.92 Å². The second-order valence-electron chi connectivity index (χ2n) is 8.18. The number of hydrogen-bond acceptors (Lipinski definition) is 7. The molecule has 33 heavy (non-hydrogen) atoms. The van der Waals surface area contributed by atoms with Crippen molar-refractivity contribution in [2.45, 2.75) is 31.8 Å². The van der Waals surface area contributed by atoms with Crippen molar-refractivity contribution in [3.8, 4) is 0 Å². The number of benzene rings is 1. The van der Waals surface area contributed by atoms with E-state index in [-0.39, 0.29) is 30.1 Å². The van der Waals surface area contributed by atoms with Gasteiger partial charge in [-0.15, -0.1) is 0 Å². The summed E-state index contributed by atoms with van der Waals surface area (Å²) in [6.07, 6.45) is 2.72. The molecule has 2 aromatic rings. The van der Waals surface area contributed by atoms with Crippen molar-refractivity contribution in [2.75, 3.05) is 26.8 Å². The predicted molar refractivity (Wildman–Crippen MR) is 115 cm³/mol. The molecule has 0 unspecified atom stereocenters. The van der Waals surface area contributed by atoms with E-state index in [4.69, 9.17) is 13.9 Å². The zero-order valence-corrected chi connectivity index (χ0v) is 18.4. The summed E-state index contributed by atoms with van der Waals surface area (Å²) >= 11 is 0. The molecule has 3 heterocycles. The van der Waals surface area contributed by atoms with Crippen LogP contribution < -0.4 is 0 Å². The number of furan rings is 1. The number of amides is 2. The highest BCUT2D eigenvalue weighted by molar-refractivity contribution is 5.95. The molecule has 1 aromatic carbocycles. The standard InChI is InChI=1S/C24H26N2O7/c1-31-23(29)16-8-10-25(11-9-16)21(27)15-33-24(30)19-13-17-5-2-3-6-18(17)14-26(19)22(28)20-7-4-12-32-20/h2-7,12,16,19H,8-11,13-15H2,1H3/t19-/m0/s1. The summed E-state index contributed by atoms with van der Waals surface area (Å²) in [5.41, 5.74) is 1.91. The van der Waals surface area contributed by atoms with E-state index in [0.29, 0.717) is 32.4 Å². The molecule has 2 aliphatic rings. The number of esters is 2. The highest BCUT2D eigenvalue weighted by atomic mass is 16.5. The first-order valence-electron chi connectivity index (χ1n) is 10.9. The number of hydrogen-bond donors (Lipinski definition) is 0. The van der Waals surface area contributed by atoms with Gasteiger partial charge in [0.1, 0.15) is 6.04 Å². The fraction of sp³-hybridized carbons (Fsp3) is 0.417. The Labute approximate surface area is 191 Å². The molecule has 0 bridgehead atoms. The molecule has 0 spiro atoms. The Balaban J connectivity index is 1.40. The number of nitrogens with zero attached hydrogens (tertiary/aromatic N) is 2. The average molecular weight is 454 g/mol. The van der Waals surface area contributed by atoms with Gasteiger partial charge in [0.05, 0.1) is 19.3 Å². The molecular formula is C24H26N2O7. The summed E-state index contributed by atoms with van der Waals surface area (Å²) in [6, 6.07) is 9.90. The monoisotopic (exact) mass is 454 g/mol. The number of ether oxygens (including phenoxy) is 2. The first-order valence-corrected chi connectivity index (χ1v) is 10.9. The molecule has 2 aliphatic heterocycles. The number of carbonyl (C=O) groups excluding carboxylic acids is 4. The van der Waals surface area contributed by atoms with Crippen LogP contribution in [0.2, 0.25) is 0 Å².